The normalized spacial score (nSPS) is 11.0. The molecule has 3 rings (SSSR count). The third-order valence-electron chi connectivity index (χ3n) is 3.22. The van der Waals surface area contributed by atoms with Crippen LogP contribution in [0.2, 0.25) is 5.02 Å². The van der Waals surface area contributed by atoms with Crippen LogP contribution < -0.4 is 5.32 Å². The molecule has 0 amide bonds. The lowest BCUT2D eigenvalue weighted by atomic mass is 10.1. The maximum absolute atomic E-state index is 6.29. The Morgan fingerprint density at radius 3 is 2.95 bits per heavy atom. The molecule has 0 aliphatic rings. The van der Waals surface area contributed by atoms with Crippen LogP contribution >= 0.6 is 22.9 Å². The summed E-state index contributed by atoms with van der Waals surface area (Å²) in [6.07, 6.45) is 0. The van der Waals surface area contributed by atoms with Crippen LogP contribution in [0.1, 0.15) is 11.1 Å². The number of halogens is 1. The fourth-order valence-corrected chi connectivity index (χ4v) is 3.17. The zero-order valence-corrected chi connectivity index (χ0v) is 13.2. The molecule has 0 saturated heterocycles. The number of rotatable bonds is 5. The first-order valence-electron chi connectivity index (χ1n) is 6.60. The fourth-order valence-electron chi connectivity index (χ4n) is 2.26. The van der Waals surface area contributed by atoms with Gasteiger partial charge < -0.3 is 10.1 Å². The molecular weight excluding hydrogens is 304 g/mol. The standard InChI is InChI=1S/C16H15ClN2OS/c1-20-9-12-4-2-3-11(7-12)8-18-15-13(17)5-6-14-16(15)19-10-21-14/h2-7,10,18H,8-9H2,1H3. The zero-order chi connectivity index (χ0) is 14.7. The number of methoxy groups -OCH3 is 1. The number of nitrogens with one attached hydrogen (secondary N) is 1. The van der Waals surface area contributed by atoms with Crippen LogP contribution in [0.5, 0.6) is 0 Å². The van der Waals surface area contributed by atoms with Gasteiger partial charge in [0.25, 0.3) is 0 Å². The van der Waals surface area contributed by atoms with Crippen LogP contribution in [0.15, 0.2) is 41.9 Å². The molecule has 0 unspecified atom stereocenters. The summed E-state index contributed by atoms with van der Waals surface area (Å²) in [5.41, 5.74) is 6.02. The Bertz CT molecular complexity index is 757. The number of benzene rings is 2. The number of nitrogens with zero attached hydrogens (tertiary/aromatic N) is 1. The van der Waals surface area contributed by atoms with Crippen LogP contribution in [0.25, 0.3) is 10.2 Å². The molecule has 21 heavy (non-hydrogen) atoms. The summed E-state index contributed by atoms with van der Waals surface area (Å²) < 4.78 is 6.30. The first-order chi connectivity index (χ1) is 10.3. The minimum absolute atomic E-state index is 0.621. The highest BCUT2D eigenvalue weighted by molar-refractivity contribution is 7.16. The van der Waals surface area contributed by atoms with Gasteiger partial charge in [0.15, 0.2) is 0 Å². The largest absolute Gasteiger partial charge is 0.380 e. The van der Waals surface area contributed by atoms with Crippen molar-refractivity contribution in [2.45, 2.75) is 13.2 Å². The van der Waals surface area contributed by atoms with Gasteiger partial charge in [0.2, 0.25) is 0 Å². The van der Waals surface area contributed by atoms with Crippen molar-refractivity contribution in [3.8, 4) is 0 Å². The van der Waals surface area contributed by atoms with Gasteiger partial charge in [0.05, 0.1) is 27.5 Å². The molecule has 108 valence electrons. The molecule has 0 aliphatic carbocycles. The van der Waals surface area contributed by atoms with Gasteiger partial charge in [-0.05, 0) is 23.3 Å². The van der Waals surface area contributed by atoms with Crippen LogP contribution in [-0.2, 0) is 17.9 Å². The quantitative estimate of drug-likeness (QED) is 0.740. The number of hydrogen-bond acceptors (Lipinski definition) is 4. The Labute approximate surface area is 132 Å². The molecule has 5 heteroatoms. The lowest BCUT2D eigenvalue weighted by molar-refractivity contribution is 0.185. The van der Waals surface area contributed by atoms with Gasteiger partial charge in [-0.2, -0.15) is 0 Å². The summed E-state index contributed by atoms with van der Waals surface area (Å²) in [6, 6.07) is 12.2. The second-order valence-electron chi connectivity index (χ2n) is 4.73. The average molecular weight is 319 g/mol. The van der Waals surface area contributed by atoms with Crippen molar-refractivity contribution in [3.63, 3.8) is 0 Å². The molecule has 0 spiro atoms. The molecule has 0 bridgehead atoms. The smallest absolute Gasteiger partial charge is 0.106 e. The molecule has 3 aromatic rings. The summed E-state index contributed by atoms with van der Waals surface area (Å²) in [5.74, 6) is 0. The van der Waals surface area contributed by atoms with Gasteiger partial charge in [-0.1, -0.05) is 35.9 Å². The molecule has 0 atom stereocenters. The van der Waals surface area contributed by atoms with E-state index in [1.807, 2.05) is 23.7 Å². The van der Waals surface area contributed by atoms with Crippen molar-refractivity contribution in [1.29, 1.82) is 0 Å². The lowest BCUT2D eigenvalue weighted by Gasteiger charge is -2.10. The number of ether oxygens (including phenoxy) is 1. The topological polar surface area (TPSA) is 34.1 Å². The maximum Gasteiger partial charge on any atom is 0.106 e. The average Bonchev–Trinajstić information content (AvgIpc) is 2.95. The van der Waals surface area contributed by atoms with E-state index < -0.39 is 0 Å². The third kappa shape index (κ3) is 3.18. The molecule has 0 saturated carbocycles. The Kier molecular flexibility index (Phi) is 4.39. The van der Waals surface area contributed by atoms with E-state index in [4.69, 9.17) is 16.3 Å². The van der Waals surface area contributed by atoms with E-state index in [0.717, 1.165) is 21.5 Å². The minimum atomic E-state index is 0.621. The first kappa shape index (κ1) is 14.3. The van der Waals surface area contributed by atoms with Crippen LogP contribution in [-0.4, -0.2) is 12.1 Å². The van der Waals surface area contributed by atoms with Gasteiger partial charge in [-0.25, -0.2) is 4.98 Å². The number of fused-ring (bicyclic) bond motifs is 1. The van der Waals surface area contributed by atoms with Crippen LogP contribution in [0, 0.1) is 0 Å². The van der Waals surface area contributed by atoms with Gasteiger partial charge in [-0.3, -0.25) is 0 Å². The lowest BCUT2D eigenvalue weighted by Crippen LogP contribution is -2.01. The second kappa shape index (κ2) is 6.43. The van der Waals surface area contributed by atoms with Crippen molar-refractivity contribution in [1.82, 2.24) is 4.98 Å². The fraction of sp³-hybridized carbons (Fsp3) is 0.188. The van der Waals surface area contributed by atoms with E-state index >= 15 is 0 Å². The Hall–Kier alpha value is -1.62. The minimum Gasteiger partial charge on any atom is -0.380 e. The van der Waals surface area contributed by atoms with Crippen LogP contribution in [0.4, 0.5) is 5.69 Å². The molecule has 0 radical (unpaired) electrons. The van der Waals surface area contributed by atoms with E-state index in [-0.39, 0.29) is 0 Å². The van der Waals surface area contributed by atoms with E-state index in [1.165, 1.54) is 5.56 Å². The predicted molar refractivity (Wildman–Crippen MR) is 89.1 cm³/mol. The predicted octanol–water partition coefficient (Wildman–Crippen LogP) is 4.71. The van der Waals surface area contributed by atoms with Gasteiger partial charge in [0.1, 0.15) is 5.52 Å². The number of thiazole rings is 1. The van der Waals surface area contributed by atoms with Crippen molar-refractivity contribution in [3.05, 3.63) is 58.1 Å². The van der Waals surface area contributed by atoms with Gasteiger partial charge in [-0.15, -0.1) is 11.3 Å². The summed E-state index contributed by atoms with van der Waals surface area (Å²) in [4.78, 5) is 4.39. The highest BCUT2D eigenvalue weighted by atomic mass is 35.5. The van der Waals surface area contributed by atoms with Gasteiger partial charge >= 0.3 is 0 Å². The summed E-state index contributed by atoms with van der Waals surface area (Å²) in [7, 11) is 1.70. The summed E-state index contributed by atoms with van der Waals surface area (Å²) in [5, 5.41) is 4.09. The van der Waals surface area contributed by atoms with E-state index in [0.29, 0.717) is 18.2 Å². The molecule has 3 nitrogen and oxygen atoms in total. The van der Waals surface area contributed by atoms with E-state index in [9.17, 15) is 0 Å². The van der Waals surface area contributed by atoms with Crippen molar-refractivity contribution < 1.29 is 4.74 Å². The Balaban J connectivity index is 1.81. The number of aromatic nitrogens is 1. The van der Waals surface area contributed by atoms with E-state index in [2.05, 4.69) is 28.5 Å². The maximum atomic E-state index is 6.29. The molecular formula is C16H15ClN2OS. The third-order valence-corrected chi connectivity index (χ3v) is 4.33. The van der Waals surface area contributed by atoms with Crippen molar-refractivity contribution >= 4 is 38.8 Å². The highest BCUT2D eigenvalue weighted by Crippen LogP contribution is 2.32. The molecule has 2 aromatic carbocycles. The number of hydrogen-bond donors (Lipinski definition) is 1. The van der Waals surface area contributed by atoms with Crippen molar-refractivity contribution in [2.24, 2.45) is 0 Å². The zero-order valence-electron chi connectivity index (χ0n) is 11.6. The summed E-state index contributed by atoms with van der Waals surface area (Å²) >= 11 is 7.90. The molecule has 0 fully saturated rings. The van der Waals surface area contributed by atoms with Crippen LogP contribution in [0.3, 0.4) is 0 Å². The Morgan fingerprint density at radius 1 is 1.24 bits per heavy atom. The Morgan fingerprint density at radius 2 is 2.10 bits per heavy atom. The molecule has 1 aromatic heterocycles. The summed E-state index contributed by atoms with van der Waals surface area (Å²) in [6.45, 7) is 1.32. The highest BCUT2D eigenvalue weighted by Gasteiger charge is 2.08. The second-order valence-corrected chi connectivity index (χ2v) is 6.02. The first-order valence-corrected chi connectivity index (χ1v) is 7.86. The monoisotopic (exact) mass is 318 g/mol. The molecule has 0 aliphatic heterocycles. The van der Waals surface area contributed by atoms with Crippen molar-refractivity contribution in [2.75, 3.05) is 12.4 Å². The number of anilines is 1. The molecule has 1 N–H and O–H groups in total. The van der Waals surface area contributed by atoms with Gasteiger partial charge in [0, 0.05) is 13.7 Å². The molecule has 1 heterocycles. The van der Waals surface area contributed by atoms with E-state index in [1.54, 1.807) is 18.4 Å². The SMILES string of the molecule is COCc1cccc(CNc2c(Cl)ccc3scnc23)c1.